The zero-order valence-electron chi connectivity index (χ0n) is 26.1. The summed E-state index contributed by atoms with van der Waals surface area (Å²) in [6.45, 7) is 6.68. The number of ketones is 2. The number of nitrogens with zero attached hydrogens (tertiary/aromatic N) is 3. The Balaban J connectivity index is 1.11. The first-order valence-electron chi connectivity index (χ1n) is 17.6. The molecule has 0 spiro atoms. The van der Waals surface area contributed by atoms with E-state index >= 15 is 4.39 Å². The number of alkyl halides is 1. The van der Waals surface area contributed by atoms with Crippen molar-refractivity contribution in [1.29, 1.82) is 0 Å². The highest BCUT2D eigenvalue weighted by molar-refractivity contribution is 6.20. The Morgan fingerprint density at radius 3 is 2.59 bits per heavy atom. The summed E-state index contributed by atoms with van der Waals surface area (Å²) in [5, 5.41) is 3.54. The molecule has 0 aromatic rings. The van der Waals surface area contributed by atoms with Gasteiger partial charge < -0.3 is 24.6 Å². The van der Waals surface area contributed by atoms with Crippen LogP contribution in [0.3, 0.4) is 0 Å². The number of carbonyl (C=O) groups excluding carboxylic acids is 3. The summed E-state index contributed by atoms with van der Waals surface area (Å²) >= 11 is 0. The first-order chi connectivity index (χ1) is 21.4. The van der Waals surface area contributed by atoms with Gasteiger partial charge in [-0.2, -0.15) is 0 Å². The number of rotatable bonds is 5. The number of Topliss-reactive ketones (excluding diaryl/α,β-unsaturated/α-hetero) is 2. The Bertz CT molecular complexity index is 1190. The van der Waals surface area contributed by atoms with Gasteiger partial charge in [-0.05, 0) is 70.3 Å². The third-order valence-corrected chi connectivity index (χ3v) is 13.0. The van der Waals surface area contributed by atoms with Crippen molar-refractivity contribution in [2.75, 3.05) is 45.9 Å². The van der Waals surface area contributed by atoms with Gasteiger partial charge in [0.1, 0.15) is 12.0 Å². The fraction of sp³-hybridized carbons (Fsp3) is 0.853. The van der Waals surface area contributed by atoms with Crippen molar-refractivity contribution in [3.05, 3.63) is 11.8 Å². The van der Waals surface area contributed by atoms with Gasteiger partial charge in [0, 0.05) is 56.2 Å². The van der Waals surface area contributed by atoms with Crippen molar-refractivity contribution in [2.45, 2.75) is 107 Å². The number of amides is 1. The van der Waals surface area contributed by atoms with Crippen LogP contribution in [0.2, 0.25) is 0 Å². The summed E-state index contributed by atoms with van der Waals surface area (Å²) in [6.07, 6.45) is 8.27. The molecule has 242 valence electrons. The van der Waals surface area contributed by atoms with Gasteiger partial charge in [0.2, 0.25) is 0 Å². The van der Waals surface area contributed by atoms with E-state index in [1.54, 1.807) is 4.90 Å². The average Bonchev–Trinajstić information content (AvgIpc) is 3.58. The highest BCUT2D eigenvalue weighted by Gasteiger charge is 2.62. The Kier molecular flexibility index (Phi) is 7.87. The summed E-state index contributed by atoms with van der Waals surface area (Å²) in [5.41, 5.74) is 0.189. The van der Waals surface area contributed by atoms with E-state index in [0.717, 1.165) is 38.8 Å². The van der Waals surface area contributed by atoms with E-state index < -0.39 is 24.2 Å². The third kappa shape index (κ3) is 4.80. The predicted molar refractivity (Wildman–Crippen MR) is 160 cm³/mol. The molecule has 0 bridgehead atoms. The fourth-order valence-electron chi connectivity index (χ4n) is 10.8. The topological polar surface area (TPSA) is 91.4 Å². The SMILES string of the molecule is CC1CCCN1CCNC1C(F)CC2C(=O)C(C(=O)N3CCOCC3)=CN3C4CC5C(CC4OC1C23)C(=O)C1CCCCC15. The zero-order chi connectivity index (χ0) is 30.1. The maximum Gasteiger partial charge on any atom is 0.259 e. The Morgan fingerprint density at radius 1 is 0.977 bits per heavy atom. The minimum atomic E-state index is -1.26. The maximum atomic E-state index is 16.2. The minimum absolute atomic E-state index is 0.00868. The van der Waals surface area contributed by atoms with Crippen LogP contribution in [0.15, 0.2) is 11.8 Å². The molecule has 7 fully saturated rings. The number of halogens is 1. The summed E-state index contributed by atoms with van der Waals surface area (Å²) in [7, 11) is 0. The minimum Gasteiger partial charge on any atom is -0.378 e. The second-order valence-electron chi connectivity index (χ2n) is 15.0. The van der Waals surface area contributed by atoms with Gasteiger partial charge in [-0.25, -0.2) is 4.39 Å². The molecule has 12 atom stereocenters. The van der Waals surface area contributed by atoms with Crippen molar-refractivity contribution in [1.82, 2.24) is 20.0 Å². The normalized spacial score (nSPS) is 45.4. The van der Waals surface area contributed by atoms with Gasteiger partial charge in [-0.1, -0.05) is 12.8 Å². The molecule has 4 aliphatic carbocycles. The van der Waals surface area contributed by atoms with Crippen molar-refractivity contribution in [3.63, 3.8) is 0 Å². The van der Waals surface area contributed by atoms with Gasteiger partial charge in [0.25, 0.3) is 5.91 Å². The van der Waals surface area contributed by atoms with E-state index in [9.17, 15) is 14.4 Å². The molecule has 8 aliphatic rings. The standard InChI is InChI=1S/C34H49FN4O5/c1-19-5-4-9-37(19)10-8-36-29-26(35)15-24-30-33(29)44-28-17-23-22(20-6-2-3-7-21(20)31(23)40)16-27(28)39(30)18-25(32(24)41)34(42)38-11-13-43-14-12-38/h18-24,26-30,33,36H,2-17H2,1H3. The summed E-state index contributed by atoms with van der Waals surface area (Å²) in [4.78, 5) is 47.9. The fourth-order valence-corrected chi connectivity index (χ4v) is 10.8. The van der Waals surface area contributed by atoms with Crippen LogP contribution in [0.5, 0.6) is 0 Å². The molecule has 10 heteroatoms. The summed E-state index contributed by atoms with van der Waals surface area (Å²) in [6, 6.07) is -0.315. The lowest BCUT2D eigenvalue weighted by Crippen LogP contribution is -2.73. The monoisotopic (exact) mass is 612 g/mol. The molecule has 12 unspecified atom stereocenters. The van der Waals surface area contributed by atoms with Crippen molar-refractivity contribution < 1.29 is 28.2 Å². The first kappa shape index (κ1) is 29.5. The Morgan fingerprint density at radius 2 is 1.80 bits per heavy atom. The molecule has 44 heavy (non-hydrogen) atoms. The zero-order valence-corrected chi connectivity index (χ0v) is 26.1. The second kappa shape index (κ2) is 11.7. The smallest absolute Gasteiger partial charge is 0.259 e. The van der Waals surface area contributed by atoms with E-state index in [2.05, 4.69) is 22.0 Å². The van der Waals surface area contributed by atoms with Crippen LogP contribution in [0, 0.1) is 29.6 Å². The van der Waals surface area contributed by atoms with E-state index in [4.69, 9.17) is 9.47 Å². The van der Waals surface area contributed by atoms with Gasteiger partial charge in [-0.15, -0.1) is 0 Å². The maximum absolute atomic E-state index is 16.2. The van der Waals surface area contributed by atoms with Crippen LogP contribution >= 0.6 is 0 Å². The number of hydrogen-bond acceptors (Lipinski definition) is 8. The number of morpholine rings is 2. The van der Waals surface area contributed by atoms with Gasteiger partial charge >= 0.3 is 0 Å². The highest BCUT2D eigenvalue weighted by Crippen LogP contribution is 2.56. The summed E-state index contributed by atoms with van der Waals surface area (Å²) in [5.74, 6) is 0.245. The van der Waals surface area contributed by atoms with Gasteiger partial charge in [0.15, 0.2) is 5.78 Å². The molecule has 1 amide bonds. The first-order valence-corrected chi connectivity index (χ1v) is 17.6. The Labute approximate surface area is 260 Å². The molecule has 1 N–H and O–H groups in total. The molecule has 4 heterocycles. The predicted octanol–water partition coefficient (Wildman–Crippen LogP) is 2.33. The van der Waals surface area contributed by atoms with E-state index in [-0.39, 0.29) is 53.7 Å². The van der Waals surface area contributed by atoms with Gasteiger partial charge in [-0.3, -0.25) is 19.3 Å². The summed E-state index contributed by atoms with van der Waals surface area (Å²) < 4.78 is 28.6. The molecule has 9 nitrogen and oxygen atoms in total. The molecule has 0 aromatic heterocycles. The lowest BCUT2D eigenvalue weighted by atomic mass is 9.66. The number of hydrogen-bond donors (Lipinski definition) is 1. The number of likely N-dealkylation sites (tertiary alicyclic amines) is 1. The highest BCUT2D eigenvalue weighted by atomic mass is 19.1. The number of ether oxygens (including phenoxy) is 2. The van der Waals surface area contributed by atoms with Crippen LogP contribution < -0.4 is 5.32 Å². The lowest BCUT2D eigenvalue weighted by molar-refractivity contribution is -0.206. The van der Waals surface area contributed by atoms with E-state index in [0.29, 0.717) is 62.9 Å². The van der Waals surface area contributed by atoms with Crippen LogP contribution in [0.1, 0.15) is 64.7 Å². The average molecular weight is 613 g/mol. The van der Waals surface area contributed by atoms with Crippen LogP contribution in [-0.4, -0.2) is 121 Å². The molecular formula is C34H49FN4O5. The lowest BCUT2D eigenvalue weighted by Gasteiger charge is -2.60. The molecule has 3 saturated heterocycles. The number of fused-ring (bicyclic) bond motifs is 5. The Hall–Kier alpha value is -1.88. The van der Waals surface area contributed by atoms with Gasteiger partial charge in [0.05, 0.1) is 49.1 Å². The van der Waals surface area contributed by atoms with Crippen LogP contribution in [-0.2, 0) is 23.9 Å². The van der Waals surface area contributed by atoms with E-state index in [1.807, 2.05) is 6.20 Å². The van der Waals surface area contributed by atoms with Crippen LogP contribution in [0.4, 0.5) is 4.39 Å². The third-order valence-electron chi connectivity index (χ3n) is 13.0. The van der Waals surface area contributed by atoms with Crippen molar-refractivity contribution in [2.24, 2.45) is 29.6 Å². The molecule has 8 rings (SSSR count). The largest absolute Gasteiger partial charge is 0.378 e. The molecule has 0 aromatic carbocycles. The van der Waals surface area contributed by atoms with E-state index in [1.165, 1.54) is 19.3 Å². The number of carbonyl (C=O) groups is 3. The van der Waals surface area contributed by atoms with Crippen LogP contribution in [0.25, 0.3) is 0 Å². The van der Waals surface area contributed by atoms with Crippen molar-refractivity contribution >= 4 is 17.5 Å². The molecule has 0 radical (unpaired) electrons. The second-order valence-corrected chi connectivity index (χ2v) is 15.0. The molecular weight excluding hydrogens is 563 g/mol. The number of nitrogens with one attached hydrogen (secondary N) is 1. The van der Waals surface area contributed by atoms with Crippen molar-refractivity contribution in [3.8, 4) is 0 Å². The molecule has 4 aliphatic heterocycles. The quantitative estimate of drug-likeness (QED) is 0.474. The molecule has 4 saturated carbocycles.